The molecule has 0 saturated carbocycles. The summed E-state index contributed by atoms with van der Waals surface area (Å²) in [6.07, 6.45) is 5.27. The molecular formula is C38H40O6S2. The van der Waals surface area contributed by atoms with E-state index in [1.54, 1.807) is 0 Å². The van der Waals surface area contributed by atoms with Crippen molar-refractivity contribution in [1.82, 2.24) is 0 Å². The average molecular weight is 657 g/mol. The minimum absolute atomic E-state index is 0.0790. The second kappa shape index (κ2) is 16.1. The van der Waals surface area contributed by atoms with Crippen LogP contribution in [0.15, 0.2) is 82.6 Å². The van der Waals surface area contributed by atoms with Crippen molar-refractivity contribution in [3.05, 3.63) is 106 Å². The summed E-state index contributed by atoms with van der Waals surface area (Å²) in [5.41, 5.74) is 10.3. The molecule has 0 aromatic heterocycles. The zero-order valence-electron chi connectivity index (χ0n) is 26.6. The molecule has 4 aromatic rings. The first-order valence-electron chi connectivity index (χ1n) is 15.5. The van der Waals surface area contributed by atoms with Gasteiger partial charge >= 0.3 is 11.9 Å². The number of benzene rings is 4. The Hall–Kier alpha value is -3.88. The summed E-state index contributed by atoms with van der Waals surface area (Å²) in [4.78, 5) is 24.5. The third kappa shape index (κ3) is 9.10. The van der Waals surface area contributed by atoms with Gasteiger partial charge in [0.1, 0.15) is 11.5 Å². The number of hydrogen-bond donors (Lipinski definition) is 1. The number of ether oxygens (including phenoxy) is 3. The Bertz CT molecular complexity index is 1700. The summed E-state index contributed by atoms with van der Waals surface area (Å²) in [5.74, 6) is 2.03. The van der Waals surface area contributed by atoms with E-state index in [1.807, 2.05) is 61.6 Å². The Balaban J connectivity index is 1.05. The summed E-state index contributed by atoms with van der Waals surface area (Å²) >= 11 is 3.67. The van der Waals surface area contributed by atoms with Crippen LogP contribution in [-0.2, 0) is 33.6 Å². The third-order valence-electron chi connectivity index (χ3n) is 7.98. The van der Waals surface area contributed by atoms with Gasteiger partial charge in [0.25, 0.3) is 0 Å². The Morgan fingerprint density at radius 2 is 1.20 bits per heavy atom. The van der Waals surface area contributed by atoms with Crippen LogP contribution in [0.3, 0.4) is 0 Å². The summed E-state index contributed by atoms with van der Waals surface area (Å²) in [6, 6.07) is 26.0. The molecule has 4 aromatic carbocycles. The van der Waals surface area contributed by atoms with E-state index < -0.39 is 5.97 Å². The van der Waals surface area contributed by atoms with Crippen molar-refractivity contribution in [2.75, 3.05) is 31.8 Å². The van der Waals surface area contributed by atoms with Crippen LogP contribution in [0.5, 0.6) is 11.5 Å². The molecule has 8 heteroatoms. The highest BCUT2D eigenvalue weighted by molar-refractivity contribution is 7.99. The maximum atomic E-state index is 11.3. The van der Waals surface area contributed by atoms with Crippen LogP contribution in [0, 0.1) is 13.8 Å². The molecule has 46 heavy (non-hydrogen) atoms. The maximum absolute atomic E-state index is 11.3. The van der Waals surface area contributed by atoms with Gasteiger partial charge < -0.3 is 19.3 Å². The van der Waals surface area contributed by atoms with E-state index in [1.165, 1.54) is 50.3 Å². The molecule has 0 saturated heterocycles. The number of methoxy groups -OCH3 is 1. The van der Waals surface area contributed by atoms with Gasteiger partial charge in [-0.15, -0.1) is 23.5 Å². The lowest BCUT2D eigenvalue weighted by Crippen LogP contribution is -2.12. The number of fused-ring (bicyclic) bond motifs is 3. The smallest absolute Gasteiger partial charge is 0.343 e. The fourth-order valence-electron chi connectivity index (χ4n) is 5.64. The molecule has 6 nitrogen and oxygen atoms in total. The van der Waals surface area contributed by atoms with Crippen molar-refractivity contribution in [3.63, 3.8) is 0 Å². The molecule has 0 fully saturated rings. The standard InChI is InChI=1S/C38H40O6S2/c1-25-18-31(10-14-35(25)43-23-37(39)40)45-16-4-6-27-8-12-33-29(20-27)22-30-21-28(9-13-34(30)33)7-5-17-46-32-11-15-36(26(2)19-32)44-24-38(41)42-3/h8-15,18-21H,4-7,16-17,22-24H2,1-3H3,(H,39,40). The van der Waals surface area contributed by atoms with Gasteiger partial charge in [0, 0.05) is 9.79 Å². The molecule has 0 amide bonds. The van der Waals surface area contributed by atoms with E-state index in [9.17, 15) is 9.59 Å². The lowest BCUT2D eigenvalue weighted by Gasteiger charge is -2.10. The van der Waals surface area contributed by atoms with Crippen LogP contribution in [0.4, 0.5) is 0 Å². The van der Waals surface area contributed by atoms with E-state index in [0.29, 0.717) is 11.5 Å². The zero-order valence-corrected chi connectivity index (χ0v) is 28.2. The fraction of sp³-hybridized carbons (Fsp3) is 0.316. The van der Waals surface area contributed by atoms with Crippen molar-refractivity contribution >= 4 is 35.5 Å². The SMILES string of the molecule is COC(=O)COc1ccc(SCCCc2ccc3c(c2)Cc2cc(CCCSc4ccc(OCC(=O)O)c(C)c4)ccc2-3)cc1C. The van der Waals surface area contributed by atoms with Gasteiger partial charge in [-0.3, -0.25) is 0 Å². The van der Waals surface area contributed by atoms with Crippen LogP contribution in [0.25, 0.3) is 11.1 Å². The molecule has 1 aliphatic rings. The monoisotopic (exact) mass is 656 g/mol. The number of esters is 1. The van der Waals surface area contributed by atoms with Crippen molar-refractivity contribution in [1.29, 1.82) is 0 Å². The first-order chi connectivity index (χ1) is 22.3. The Morgan fingerprint density at radius 1 is 0.696 bits per heavy atom. The molecule has 0 unspecified atom stereocenters. The topological polar surface area (TPSA) is 82.1 Å². The molecule has 240 valence electrons. The second-order valence-corrected chi connectivity index (χ2v) is 13.8. The molecule has 0 spiro atoms. The van der Waals surface area contributed by atoms with E-state index in [4.69, 9.17) is 14.6 Å². The van der Waals surface area contributed by atoms with Crippen molar-refractivity contribution in [3.8, 4) is 22.6 Å². The number of carboxylic acids is 1. The van der Waals surface area contributed by atoms with Gasteiger partial charge in [0.2, 0.25) is 0 Å². The molecule has 5 rings (SSSR count). The highest BCUT2D eigenvalue weighted by Gasteiger charge is 2.19. The Kier molecular flexibility index (Phi) is 11.7. The highest BCUT2D eigenvalue weighted by atomic mass is 32.2. The molecule has 0 aliphatic heterocycles. The lowest BCUT2D eigenvalue weighted by atomic mass is 10.0. The number of thioether (sulfide) groups is 2. The van der Waals surface area contributed by atoms with Crippen LogP contribution in [0.2, 0.25) is 0 Å². The van der Waals surface area contributed by atoms with Gasteiger partial charge in [-0.2, -0.15) is 0 Å². The van der Waals surface area contributed by atoms with Crippen LogP contribution >= 0.6 is 23.5 Å². The molecule has 1 aliphatic carbocycles. The molecule has 0 atom stereocenters. The lowest BCUT2D eigenvalue weighted by molar-refractivity contribution is -0.143. The first-order valence-corrected chi connectivity index (χ1v) is 17.5. The average Bonchev–Trinajstić information content (AvgIpc) is 3.41. The number of rotatable bonds is 16. The molecule has 0 bridgehead atoms. The minimum Gasteiger partial charge on any atom is -0.482 e. The van der Waals surface area contributed by atoms with Crippen LogP contribution in [-0.4, -0.2) is 48.9 Å². The number of carboxylic acid groups (broad SMARTS) is 1. The molecule has 0 heterocycles. The normalized spacial score (nSPS) is 11.5. The Morgan fingerprint density at radius 3 is 1.65 bits per heavy atom. The van der Waals surface area contributed by atoms with Crippen molar-refractivity contribution < 1.29 is 28.9 Å². The van der Waals surface area contributed by atoms with Crippen molar-refractivity contribution in [2.45, 2.75) is 55.7 Å². The van der Waals surface area contributed by atoms with Gasteiger partial charge in [0.05, 0.1) is 7.11 Å². The summed E-state index contributed by atoms with van der Waals surface area (Å²) < 4.78 is 15.5. The molecular weight excluding hydrogens is 617 g/mol. The predicted molar refractivity (Wildman–Crippen MR) is 186 cm³/mol. The quantitative estimate of drug-likeness (QED) is 0.0645. The minimum atomic E-state index is -0.971. The maximum Gasteiger partial charge on any atom is 0.343 e. The fourth-order valence-corrected chi connectivity index (χ4v) is 7.54. The van der Waals surface area contributed by atoms with Gasteiger partial charge in [-0.1, -0.05) is 36.4 Å². The molecule has 1 N–H and O–H groups in total. The largest absolute Gasteiger partial charge is 0.482 e. The van der Waals surface area contributed by atoms with Crippen LogP contribution in [0.1, 0.15) is 46.2 Å². The van der Waals surface area contributed by atoms with Gasteiger partial charge in [0.15, 0.2) is 13.2 Å². The zero-order chi connectivity index (χ0) is 32.5. The number of aryl methyl sites for hydroxylation is 4. The number of aliphatic carboxylic acids is 1. The number of carbonyl (C=O) groups excluding carboxylic acids is 1. The van der Waals surface area contributed by atoms with E-state index in [2.05, 4.69) is 53.3 Å². The van der Waals surface area contributed by atoms with Crippen molar-refractivity contribution in [2.24, 2.45) is 0 Å². The van der Waals surface area contributed by atoms with E-state index in [0.717, 1.165) is 54.7 Å². The van der Waals surface area contributed by atoms with Crippen LogP contribution < -0.4 is 9.47 Å². The number of hydrogen-bond acceptors (Lipinski definition) is 7. The molecule has 0 radical (unpaired) electrons. The summed E-state index contributed by atoms with van der Waals surface area (Å²) in [5, 5.41) is 8.83. The Labute approximate surface area is 279 Å². The van der Waals surface area contributed by atoms with E-state index >= 15 is 0 Å². The van der Waals surface area contributed by atoms with Gasteiger partial charge in [-0.05, 0) is 138 Å². The summed E-state index contributed by atoms with van der Waals surface area (Å²) in [7, 11) is 1.36. The second-order valence-electron chi connectivity index (χ2n) is 11.5. The van der Waals surface area contributed by atoms with E-state index in [-0.39, 0.29) is 19.2 Å². The first kappa shape index (κ1) is 33.5. The third-order valence-corrected chi connectivity index (χ3v) is 10.1. The van der Waals surface area contributed by atoms with Gasteiger partial charge in [-0.25, -0.2) is 9.59 Å². The summed E-state index contributed by atoms with van der Waals surface area (Å²) in [6.45, 7) is 3.54. The number of carbonyl (C=O) groups is 2. The predicted octanol–water partition coefficient (Wildman–Crippen LogP) is 8.34. The highest BCUT2D eigenvalue weighted by Crippen LogP contribution is 2.38.